The minimum Gasteiger partial charge on any atom is -0.396 e. The maximum absolute atomic E-state index is 12.0. The highest BCUT2D eigenvalue weighted by molar-refractivity contribution is 7.89. The number of nitrogen functional groups attached to an aromatic ring is 1. The van der Waals surface area contributed by atoms with Gasteiger partial charge < -0.3 is 5.73 Å². The van der Waals surface area contributed by atoms with Gasteiger partial charge in [-0.3, -0.25) is 0 Å². The van der Waals surface area contributed by atoms with Crippen molar-refractivity contribution >= 4 is 15.7 Å². The molecule has 6 heteroatoms. The second-order valence-corrected chi connectivity index (χ2v) is 6.72. The van der Waals surface area contributed by atoms with Gasteiger partial charge in [-0.2, -0.15) is 0 Å². The second kappa shape index (κ2) is 5.24. The van der Waals surface area contributed by atoms with Gasteiger partial charge in [-0.05, 0) is 36.8 Å². The van der Waals surface area contributed by atoms with Gasteiger partial charge in [-0.25, -0.2) is 18.1 Å². The third kappa shape index (κ3) is 3.00. The summed E-state index contributed by atoms with van der Waals surface area (Å²) in [4.78, 5) is 3.83. The fourth-order valence-corrected chi connectivity index (χ4v) is 3.60. The predicted octanol–water partition coefficient (Wildman–Crippen LogP) is 1.38. The van der Waals surface area contributed by atoms with Crippen molar-refractivity contribution in [1.29, 1.82) is 0 Å². The lowest BCUT2D eigenvalue weighted by Crippen LogP contribution is -2.29. The molecule has 0 spiro atoms. The molecule has 2 atom stereocenters. The van der Waals surface area contributed by atoms with Gasteiger partial charge in [0.25, 0.3) is 10.0 Å². The van der Waals surface area contributed by atoms with Gasteiger partial charge in [-0.15, -0.1) is 0 Å². The minimum absolute atomic E-state index is 0.0731. The summed E-state index contributed by atoms with van der Waals surface area (Å²) in [5, 5.41) is -0.0731. The zero-order chi connectivity index (χ0) is 13.2. The van der Waals surface area contributed by atoms with E-state index in [1.54, 1.807) is 12.1 Å². The van der Waals surface area contributed by atoms with E-state index >= 15 is 0 Å². The van der Waals surface area contributed by atoms with Crippen molar-refractivity contribution in [3.8, 4) is 0 Å². The Morgan fingerprint density at radius 1 is 1.50 bits per heavy atom. The summed E-state index contributed by atoms with van der Waals surface area (Å²) in [7, 11) is -3.58. The van der Waals surface area contributed by atoms with Gasteiger partial charge >= 0.3 is 0 Å². The molecule has 1 aromatic rings. The number of sulfonamides is 1. The van der Waals surface area contributed by atoms with Crippen molar-refractivity contribution in [2.45, 2.75) is 31.2 Å². The summed E-state index contributed by atoms with van der Waals surface area (Å²) in [6.07, 6.45) is 4.78. The van der Waals surface area contributed by atoms with Crippen LogP contribution in [-0.2, 0) is 10.0 Å². The number of nitrogens with one attached hydrogen (secondary N) is 1. The van der Waals surface area contributed by atoms with Gasteiger partial charge in [0.2, 0.25) is 0 Å². The summed E-state index contributed by atoms with van der Waals surface area (Å²) in [6.45, 7) is 2.67. The van der Waals surface area contributed by atoms with Crippen LogP contribution in [-0.4, -0.2) is 19.9 Å². The SMILES string of the molecule is CC1CCC(CNS(=O)(=O)c2ncccc2N)C1. The second-order valence-electron chi connectivity index (χ2n) is 5.03. The molecular formula is C12H19N3O2S. The van der Waals surface area contributed by atoms with Gasteiger partial charge in [0.05, 0.1) is 5.69 Å². The van der Waals surface area contributed by atoms with Crippen molar-refractivity contribution < 1.29 is 8.42 Å². The highest BCUT2D eigenvalue weighted by Crippen LogP contribution is 2.30. The zero-order valence-corrected chi connectivity index (χ0v) is 11.3. The topological polar surface area (TPSA) is 85.1 Å². The quantitative estimate of drug-likeness (QED) is 0.864. The predicted molar refractivity (Wildman–Crippen MR) is 70.3 cm³/mol. The molecule has 1 fully saturated rings. The third-order valence-electron chi connectivity index (χ3n) is 3.42. The highest BCUT2D eigenvalue weighted by Gasteiger charge is 2.24. The van der Waals surface area contributed by atoms with Crippen LogP contribution in [0.25, 0.3) is 0 Å². The Balaban J connectivity index is 2.02. The van der Waals surface area contributed by atoms with Crippen LogP contribution >= 0.6 is 0 Å². The summed E-state index contributed by atoms with van der Waals surface area (Å²) in [6, 6.07) is 3.16. The minimum atomic E-state index is -3.58. The highest BCUT2D eigenvalue weighted by atomic mass is 32.2. The first-order valence-corrected chi connectivity index (χ1v) is 7.67. The Kier molecular flexibility index (Phi) is 3.87. The van der Waals surface area contributed by atoms with Gasteiger partial charge in [0.15, 0.2) is 5.03 Å². The summed E-state index contributed by atoms with van der Waals surface area (Å²) in [5.41, 5.74) is 5.82. The van der Waals surface area contributed by atoms with Crippen LogP contribution in [0.3, 0.4) is 0 Å². The third-order valence-corrected chi connectivity index (χ3v) is 4.82. The molecular weight excluding hydrogens is 250 g/mol. The fourth-order valence-electron chi connectivity index (χ4n) is 2.43. The fraction of sp³-hybridized carbons (Fsp3) is 0.583. The first kappa shape index (κ1) is 13.3. The Morgan fingerprint density at radius 2 is 2.28 bits per heavy atom. The monoisotopic (exact) mass is 269 g/mol. The summed E-state index contributed by atoms with van der Waals surface area (Å²) >= 11 is 0. The molecule has 1 aromatic heterocycles. The number of rotatable bonds is 4. The molecule has 1 aliphatic rings. The van der Waals surface area contributed by atoms with Crippen molar-refractivity contribution in [2.75, 3.05) is 12.3 Å². The Labute approximate surface area is 108 Å². The maximum Gasteiger partial charge on any atom is 0.260 e. The van der Waals surface area contributed by atoms with Crippen LogP contribution in [0.4, 0.5) is 5.69 Å². The molecule has 1 heterocycles. The molecule has 0 amide bonds. The lowest BCUT2D eigenvalue weighted by molar-refractivity contribution is 0.497. The van der Waals surface area contributed by atoms with Crippen molar-refractivity contribution in [1.82, 2.24) is 9.71 Å². The van der Waals surface area contributed by atoms with E-state index in [-0.39, 0.29) is 10.7 Å². The van der Waals surface area contributed by atoms with Crippen molar-refractivity contribution in [2.24, 2.45) is 11.8 Å². The smallest absolute Gasteiger partial charge is 0.260 e. The molecule has 0 bridgehead atoms. The maximum atomic E-state index is 12.0. The van der Waals surface area contributed by atoms with Gasteiger partial charge in [-0.1, -0.05) is 13.3 Å². The molecule has 18 heavy (non-hydrogen) atoms. The Hall–Kier alpha value is -1.14. The first-order valence-electron chi connectivity index (χ1n) is 6.19. The van der Waals surface area contributed by atoms with Crippen molar-refractivity contribution in [3.05, 3.63) is 18.3 Å². The number of hydrogen-bond acceptors (Lipinski definition) is 4. The van der Waals surface area contributed by atoms with Crippen LogP contribution in [0, 0.1) is 11.8 Å². The lowest BCUT2D eigenvalue weighted by Gasteiger charge is -2.12. The number of anilines is 1. The Morgan fingerprint density at radius 3 is 2.89 bits per heavy atom. The van der Waals surface area contributed by atoms with E-state index in [9.17, 15) is 8.42 Å². The number of aromatic nitrogens is 1. The van der Waals surface area contributed by atoms with E-state index in [1.165, 1.54) is 12.6 Å². The van der Waals surface area contributed by atoms with Crippen LogP contribution < -0.4 is 10.5 Å². The molecule has 0 aliphatic heterocycles. The van der Waals surface area contributed by atoms with E-state index < -0.39 is 10.0 Å². The van der Waals surface area contributed by atoms with Crippen LogP contribution in [0.1, 0.15) is 26.2 Å². The summed E-state index contributed by atoms with van der Waals surface area (Å²) < 4.78 is 26.7. The van der Waals surface area contributed by atoms with E-state index in [0.717, 1.165) is 12.8 Å². The van der Waals surface area contributed by atoms with E-state index in [2.05, 4.69) is 16.6 Å². The van der Waals surface area contributed by atoms with Crippen molar-refractivity contribution in [3.63, 3.8) is 0 Å². The number of nitrogens with two attached hydrogens (primary N) is 1. The molecule has 2 unspecified atom stereocenters. The molecule has 1 aliphatic carbocycles. The average molecular weight is 269 g/mol. The molecule has 1 saturated carbocycles. The molecule has 5 nitrogen and oxygen atoms in total. The van der Waals surface area contributed by atoms with Crippen LogP contribution in [0.15, 0.2) is 23.4 Å². The lowest BCUT2D eigenvalue weighted by atomic mass is 10.1. The molecule has 2 rings (SSSR count). The Bertz CT molecular complexity index is 516. The number of nitrogens with zero attached hydrogens (tertiary/aromatic N) is 1. The number of pyridine rings is 1. The molecule has 0 radical (unpaired) electrons. The molecule has 100 valence electrons. The molecule has 3 N–H and O–H groups in total. The standard InChI is InChI=1S/C12H19N3O2S/c1-9-4-5-10(7-9)8-15-18(16,17)12-11(13)3-2-6-14-12/h2-3,6,9-10,15H,4-5,7-8,13H2,1H3. The van der Waals surface area contributed by atoms with Crippen LogP contribution in [0.5, 0.6) is 0 Å². The normalized spacial score (nSPS) is 24.3. The van der Waals surface area contributed by atoms with E-state index in [1.807, 2.05) is 0 Å². The van der Waals surface area contributed by atoms with E-state index in [4.69, 9.17) is 5.73 Å². The number of hydrogen-bond donors (Lipinski definition) is 2. The summed E-state index contributed by atoms with van der Waals surface area (Å²) in [5.74, 6) is 1.12. The molecule has 0 aromatic carbocycles. The van der Waals surface area contributed by atoms with E-state index in [0.29, 0.717) is 18.4 Å². The average Bonchev–Trinajstić information content (AvgIpc) is 2.73. The molecule has 0 saturated heterocycles. The first-order chi connectivity index (χ1) is 8.49. The van der Waals surface area contributed by atoms with Gasteiger partial charge in [0.1, 0.15) is 0 Å². The van der Waals surface area contributed by atoms with Crippen LogP contribution in [0.2, 0.25) is 0 Å². The van der Waals surface area contributed by atoms with Gasteiger partial charge in [0, 0.05) is 12.7 Å². The largest absolute Gasteiger partial charge is 0.396 e. The zero-order valence-electron chi connectivity index (χ0n) is 10.5.